The molecule has 3 N–H and O–H groups in total. The van der Waals surface area contributed by atoms with Crippen LogP contribution in [0.15, 0.2) is 30.3 Å². The topological polar surface area (TPSA) is 112 Å². The molecule has 2 aliphatic rings. The van der Waals surface area contributed by atoms with Crippen LogP contribution in [0.25, 0.3) is 0 Å². The lowest BCUT2D eigenvalue weighted by Crippen LogP contribution is -2.53. The van der Waals surface area contributed by atoms with Gasteiger partial charge in [-0.1, -0.05) is 35.3 Å². The minimum atomic E-state index is -1.17. The number of aromatic nitrogens is 1. The van der Waals surface area contributed by atoms with Gasteiger partial charge in [-0.15, -0.1) is 5.06 Å². The highest BCUT2D eigenvalue weighted by Crippen LogP contribution is 2.37. The number of fused-ring (bicyclic) bond motifs is 1. The number of rotatable bonds is 10. The number of hydrogen-bond donors (Lipinski definition) is 3. The third kappa shape index (κ3) is 6.06. The van der Waals surface area contributed by atoms with Gasteiger partial charge >= 0.3 is 11.9 Å². The van der Waals surface area contributed by atoms with E-state index in [1.165, 1.54) is 16.7 Å². The van der Waals surface area contributed by atoms with Crippen molar-refractivity contribution >= 4 is 41.0 Å². The molecule has 35 heavy (non-hydrogen) atoms. The molecule has 1 fully saturated rings. The fraction of sp³-hybridized carbons (Fsp3) is 0.480. The van der Waals surface area contributed by atoms with Gasteiger partial charge in [0.2, 0.25) is 0 Å². The summed E-state index contributed by atoms with van der Waals surface area (Å²) in [5.74, 6) is -0.620. The zero-order valence-electron chi connectivity index (χ0n) is 19.3. The summed E-state index contributed by atoms with van der Waals surface area (Å²) in [6.45, 7) is 0.596. The maximum absolute atomic E-state index is 12.8. The van der Waals surface area contributed by atoms with Crippen molar-refractivity contribution in [1.29, 1.82) is 0 Å². The van der Waals surface area contributed by atoms with Gasteiger partial charge in [0.25, 0.3) is 0 Å². The number of aliphatic hydroxyl groups is 1. The Hall–Kier alpha value is -2.39. The van der Waals surface area contributed by atoms with Gasteiger partial charge < -0.3 is 20.4 Å². The van der Waals surface area contributed by atoms with Crippen LogP contribution >= 0.6 is 23.2 Å². The van der Waals surface area contributed by atoms with E-state index in [9.17, 15) is 19.8 Å². The van der Waals surface area contributed by atoms with Crippen molar-refractivity contribution in [2.75, 3.05) is 18.5 Å². The number of carbonyl (C=O) groups excluding carboxylic acids is 1. The lowest BCUT2D eigenvalue weighted by Gasteiger charge is -2.43. The Morgan fingerprint density at radius 2 is 2.03 bits per heavy atom. The summed E-state index contributed by atoms with van der Waals surface area (Å²) in [5.41, 5.74) is 2.34. The predicted molar refractivity (Wildman–Crippen MR) is 133 cm³/mol. The third-order valence-corrected chi connectivity index (χ3v) is 7.50. The summed E-state index contributed by atoms with van der Waals surface area (Å²) in [7, 11) is 0. The summed E-state index contributed by atoms with van der Waals surface area (Å²) >= 11 is 12.2. The predicted octanol–water partition coefficient (Wildman–Crippen LogP) is 4.37. The zero-order valence-corrected chi connectivity index (χ0v) is 20.8. The van der Waals surface area contributed by atoms with Gasteiger partial charge in [0.15, 0.2) is 0 Å². The number of carboxylic acids is 1. The van der Waals surface area contributed by atoms with E-state index in [0.29, 0.717) is 18.8 Å². The summed E-state index contributed by atoms with van der Waals surface area (Å²) in [6.07, 6.45) is 5.18. The van der Waals surface area contributed by atoms with Crippen molar-refractivity contribution in [3.8, 4) is 0 Å². The minimum Gasteiger partial charge on any atom is -0.480 e. The second-order valence-electron chi connectivity index (χ2n) is 9.08. The van der Waals surface area contributed by atoms with E-state index in [0.717, 1.165) is 43.7 Å². The van der Waals surface area contributed by atoms with Gasteiger partial charge in [0, 0.05) is 24.9 Å². The SMILES string of the molecule is O=C(ON(C1CC(CCc2ccc3c(n2)NCCC3)C1)[C@@H](CCO)C(=O)O)c1cccc(Cl)c1Cl. The van der Waals surface area contributed by atoms with Crippen molar-refractivity contribution in [2.45, 2.75) is 57.0 Å². The number of hydroxylamine groups is 2. The molecule has 0 amide bonds. The molecule has 0 spiro atoms. The van der Waals surface area contributed by atoms with Gasteiger partial charge in [-0.2, -0.15) is 0 Å². The fourth-order valence-electron chi connectivity index (χ4n) is 4.68. The molecule has 4 rings (SSSR count). The van der Waals surface area contributed by atoms with Gasteiger partial charge in [-0.3, -0.25) is 4.79 Å². The highest BCUT2D eigenvalue weighted by atomic mass is 35.5. The first-order valence-electron chi connectivity index (χ1n) is 11.9. The Labute approximate surface area is 214 Å². The molecule has 1 aromatic carbocycles. The number of nitrogens with one attached hydrogen (secondary N) is 1. The van der Waals surface area contributed by atoms with Crippen LogP contribution in [0.3, 0.4) is 0 Å². The number of carboxylic acid groups (broad SMARTS) is 1. The molecule has 1 saturated carbocycles. The minimum absolute atomic E-state index is 0.0478. The van der Waals surface area contributed by atoms with Crippen LogP contribution in [0.5, 0.6) is 0 Å². The van der Waals surface area contributed by atoms with E-state index in [4.69, 9.17) is 33.0 Å². The van der Waals surface area contributed by atoms with Gasteiger partial charge in [-0.25, -0.2) is 9.78 Å². The third-order valence-electron chi connectivity index (χ3n) is 6.69. The van der Waals surface area contributed by atoms with E-state index in [-0.39, 0.29) is 34.7 Å². The Kier molecular flexibility index (Phi) is 8.49. The van der Waals surface area contributed by atoms with Crippen molar-refractivity contribution in [1.82, 2.24) is 10.0 Å². The number of hydrogen-bond acceptors (Lipinski definition) is 7. The first kappa shape index (κ1) is 25.7. The first-order valence-corrected chi connectivity index (χ1v) is 12.6. The second kappa shape index (κ2) is 11.6. The number of aliphatic hydroxyl groups excluding tert-OH is 1. The van der Waals surface area contributed by atoms with Crippen molar-refractivity contribution < 1.29 is 24.6 Å². The molecular weight excluding hydrogens is 493 g/mol. The molecule has 8 nitrogen and oxygen atoms in total. The Morgan fingerprint density at radius 1 is 1.23 bits per heavy atom. The molecular formula is C25H29Cl2N3O5. The van der Waals surface area contributed by atoms with Crippen molar-refractivity contribution in [3.05, 3.63) is 57.2 Å². The van der Waals surface area contributed by atoms with Crippen LogP contribution in [0.2, 0.25) is 10.0 Å². The normalized spacial score (nSPS) is 19.9. The van der Waals surface area contributed by atoms with Crippen LogP contribution in [0.1, 0.15) is 53.7 Å². The number of carbonyl (C=O) groups is 2. The highest BCUT2D eigenvalue weighted by Gasteiger charge is 2.42. The smallest absolute Gasteiger partial charge is 0.358 e. The number of anilines is 1. The number of benzene rings is 1. The number of nitrogens with zero attached hydrogens (tertiary/aromatic N) is 2. The van der Waals surface area contributed by atoms with Crippen molar-refractivity contribution in [3.63, 3.8) is 0 Å². The average Bonchev–Trinajstić information content (AvgIpc) is 2.82. The maximum Gasteiger partial charge on any atom is 0.358 e. The summed E-state index contributed by atoms with van der Waals surface area (Å²) in [6, 6.07) is 7.37. The molecule has 1 aromatic heterocycles. The molecule has 0 radical (unpaired) electrons. The Bertz CT molecular complexity index is 1080. The summed E-state index contributed by atoms with van der Waals surface area (Å²) < 4.78 is 0. The van der Waals surface area contributed by atoms with Crippen LogP contribution < -0.4 is 5.32 Å². The van der Waals surface area contributed by atoms with Crippen molar-refractivity contribution in [2.24, 2.45) is 5.92 Å². The van der Waals surface area contributed by atoms with E-state index in [1.54, 1.807) is 12.1 Å². The molecule has 2 heterocycles. The molecule has 1 aliphatic heterocycles. The first-order chi connectivity index (χ1) is 16.9. The molecule has 1 atom stereocenters. The number of aryl methyl sites for hydroxylation is 2. The number of halogens is 2. The zero-order chi connectivity index (χ0) is 24.9. The van der Waals surface area contributed by atoms with Gasteiger partial charge in [0.1, 0.15) is 11.9 Å². The fourth-order valence-corrected chi connectivity index (χ4v) is 5.06. The Balaban J connectivity index is 1.39. The highest BCUT2D eigenvalue weighted by molar-refractivity contribution is 6.43. The maximum atomic E-state index is 12.8. The van der Waals surface area contributed by atoms with Crippen LogP contribution in [-0.4, -0.2) is 57.4 Å². The van der Waals surface area contributed by atoms with Crippen LogP contribution in [-0.2, 0) is 22.5 Å². The average molecular weight is 522 g/mol. The quantitative estimate of drug-likeness (QED) is 0.395. The number of aliphatic carboxylic acids is 1. The van der Waals surface area contributed by atoms with Gasteiger partial charge in [0.05, 0.1) is 15.6 Å². The molecule has 10 heteroatoms. The van der Waals surface area contributed by atoms with E-state index < -0.39 is 18.0 Å². The van der Waals surface area contributed by atoms with E-state index >= 15 is 0 Å². The lowest BCUT2D eigenvalue weighted by molar-refractivity contribution is -0.204. The molecule has 0 unspecified atom stereocenters. The largest absolute Gasteiger partial charge is 0.480 e. The molecule has 2 aromatic rings. The van der Waals surface area contributed by atoms with E-state index in [1.807, 2.05) is 0 Å². The molecule has 188 valence electrons. The summed E-state index contributed by atoms with van der Waals surface area (Å²) in [5, 5.41) is 24.0. The van der Waals surface area contributed by atoms with Crippen LogP contribution in [0, 0.1) is 5.92 Å². The molecule has 1 aliphatic carbocycles. The molecule has 0 bridgehead atoms. The Morgan fingerprint density at radius 3 is 2.77 bits per heavy atom. The van der Waals surface area contributed by atoms with Gasteiger partial charge in [-0.05, 0) is 74.6 Å². The lowest BCUT2D eigenvalue weighted by atomic mass is 9.76. The standard InChI is InChI=1S/C25H29Cl2N3O5/c26-20-5-1-4-19(22(20)27)25(34)35-30(21(10-12-31)24(32)33)18-13-15(14-18)6-8-17-9-7-16-3-2-11-28-23(16)29-17/h1,4-5,7,9,15,18,21,31H,2-3,6,8,10-14H2,(H,28,29)(H,32,33)/t15?,18?,21-/m0/s1. The molecule has 0 saturated heterocycles. The monoisotopic (exact) mass is 521 g/mol. The number of pyridine rings is 1. The summed E-state index contributed by atoms with van der Waals surface area (Å²) in [4.78, 5) is 35.1. The second-order valence-corrected chi connectivity index (χ2v) is 9.86. The van der Waals surface area contributed by atoms with Crippen LogP contribution in [0.4, 0.5) is 5.82 Å². The van der Waals surface area contributed by atoms with E-state index in [2.05, 4.69) is 17.4 Å².